The minimum atomic E-state index is -1.13. The summed E-state index contributed by atoms with van der Waals surface area (Å²) >= 11 is 3.09. The molecule has 1 amide bonds. The molecular formula is C22H27N4O6S2+. The standard InChI is InChI=1S/C22H26N4O6S2/c1-9-14(17(21(29)30)26-16(9)15(10(2)27)18(26)28)13-7-24-8-25(20(33-4)19(24)34-13)11-5-12(23-6-11)22(31)32-3/h7-12,15-16,23,27H,5-6H2,1-4H3/p+1/t9-,10+,11+,12-,15+,16+/m0/s1. The maximum Gasteiger partial charge on any atom is 0.352 e. The summed E-state index contributed by atoms with van der Waals surface area (Å²) in [5.74, 6) is -2.54. The number of carboxylic acid groups (broad SMARTS) is 1. The third kappa shape index (κ3) is 3.23. The molecule has 10 nitrogen and oxygen atoms in total. The molecule has 0 aliphatic carbocycles. The normalized spacial score (nSPS) is 29.5. The van der Waals surface area contributed by atoms with Gasteiger partial charge in [0.25, 0.3) is 6.33 Å². The number of hydrogen-bond donors (Lipinski definition) is 3. The molecule has 2 saturated heterocycles. The van der Waals surface area contributed by atoms with E-state index < -0.39 is 18.0 Å². The molecule has 0 saturated carbocycles. The molecule has 12 heteroatoms. The van der Waals surface area contributed by atoms with Crippen molar-refractivity contribution >= 4 is 51.3 Å². The first kappa shape index (κ1) is 23.3. The maximum absolute atomic E-state index is 12.7. The molecule has 5 heterocycles. The number of rotatable bonds is 6. The van der Waals surface area contributed by atoms with E-state index >= 15 is 0 Å². The number of carbonyl (C=O) groups is 3. The molecule has 0 radical (unpaired) electrons. The number of methoxy groups -OCH3 is 1. The number of thioether (sulfide) groups is 1. The van der Waals surface area contributed by atoms with E-state index in [-0.39, 0.29) is 41.6 Å². The van der Waals surface area contributed by atoms with Crippen LogP contribution < -0.4 is 9.88 Å². The highest BCUT2D eigenvalue weighted by Gasteiger charge is 2.60. The zero-order valence-electron chi connectivity index (χ0n) is 19.2. The van der Waals surface area contributed by atoms with Crippen molar-refractivity contribution in [2.75, 3.05) is 19.9 Å². The summed E-state index contributed by atoms with van der Waals surface area (Å²) in [6.45, 7) is 4.15. The molecule has 5 rings (SSSR count). The van der Waals surface area contributed by atoms with E-state index in [0.717, 1.165) is 14.7 Å². The summed E-state index contributed by atoms with van der Waals surface area (Å²) < 4.78 is 9.01. The number of nitrogens with one attached hydrogen (secondary N) is 1. The number of nitrogens with zero attached hydrogens (tertiary/aromatic N) is 3. The van der Waals surface area contributed by atoms with Crippen molar-refractivity contribution in [2.24, 2.45) is 11.8 Å². The van der Waals surface area contributed by atoms with E-state index in [1.54, 1.807) is 18.7 Å². The number of aliphatic hydroxyl groups is 1. The molecule has 3 N–H and O–H groups in total. The first-order valence-corrected chi connectivity index (χ1v) is 13.1. The van der Waals surface area contributed by atoms with Crippen LogP contribution in [-0.2, 0) is 19.1 Å². The van der Waals surface area contributed by atoms with Gasteiger partial charge in [-0.1, -0.05) is 30.0 Å². The quantitative estimate of drug-likeness (QED) is 0.226. The lowest BCUT2D eigenvalue weighted by molar-refractivity contribution is -0.750. The van der Waals surface area contributed by atoms with Crippen LogP contribution in [0.4, 0.5) is 0 Å². The van der Waals surface area contributed by atoms with Crippen molar-refractivity contribution in [3.05, 3.63) is 23.1 Å². The number of fused-ring (bicyclic) bond motifs is 2. The second-order valence-corrected chi connectivity index (χ2v) is 10.9. The fraction of sp³-hybridized carbons (Fsp3) is 0.545. The number of β-lactam (4-membered cyclic amide) rings is 1. The lowest BCUT2D eigenvalue weighted by Gasteiger charge is -2.46. The fourth-order valence-corrected chi connectivity index (χ4v) is 7.85. The Balaban J connectivity index is 1.52. The van der Waals surface area contributed by atoms with Crippen molar-refractivity contribution in [3.63, 3.8) is 0 Å². The Morgan fingerprint density at radius 3 is 2.76 bits per heavy atom. The number of carbonyl (C=O) groups excluding carboxylic acids is 2. The number of hydrogen-bond acceptors (Lipinski definition) is 8. The van der Waals surface area contributed by atoms with Crippen LogP contribution in [0.3, 0.4) is 0 Å². The predicted molar refractivity (Wildman–Crippen MR) is 124 cm³/mol. The second kappa shape index (κ2) is 8.36. The zero-order chi connectivity index (χ0) is 24.5. The first-order valence-electron chi connectivity index (χ1n) is 11.1. The average Bonchev–Trinajstić information content (AvgIpc) is 3.52. The van der Waals surface area contributed by atoms with Gasteiger partial charge < -0.3 is 25.2 Å². The SMILES string of the molecule is COC(=O)[C@@H]1C[C@@H]([n+]2cn3cc(C4=C(C(=O)O)N5C(=O)[C@H]([C@@H](C)O)[C@H]5[C@H]4C)sc3c2SC)CN1. The predicted octanol–water partition coefficient (Wildman–Crippen LogP) is 0.739. The molecule has 0 spiro atoms. The number of carboxylic acids is 1. The van der Waals surface area contributed by atoms with Crippen LogP contribution in [0.15, 0.2) is 23.2 Å². The minimum Gasteiger partial charge on any atom is -0.477 e. The lowest BCUT2D eigenvalue weighted by atomic mass is 9.77. The smallest absolute Gasteiger partial charge is 0.352 e. The van der Waals surface area contributed by atoms with E-state index in [1.807, 2.05) is 30.1 Å². The summed E-state index contributed by atoms with van der Waals surface area (Å²) in [4.78, 5) is 39.9. The Labute approximate surface area is 204 Å². The summed E-state index contributed by atoms with van der Waals surface area (Å²) in [5, 5.41) is 24.3. The van der Waals surface area contributed by atoms with Gasteiger partial charge in [0.2, 0.25) is 15.8 Å². The van der Waals surface area contributed by atoms with E-state index in [2.05, 4.69) is 9.88 Å². The van der Waals surface area contributed by atoms with Gasteiger partial charge >= 0.3 is 11.9 Å². The van der Waals surface area contributed by atoms with Crippen LogP contribution in [0.25, 0.3) is 10.4 Å². The van der Waals surface area contributed by atoms with Crippen molar-refractivity contribution in [1.29, 1.82) is 0 Å². The van der Waals surface area contributed by atoms with Crippen LogP contribution >= 0.6 is 23.1 Å². The Bertz CT molecular complexity index is 1230. The number of aromatic nitrogens is 2. The third-order valence-electron chi connectivity index (χ3n) is 7.18. The van der Waals surface area contributed by atoms with Crippen LogP contribution in [0, 0.1) is 11.8 Å². The van der Waals surface area contributed by atoms with Gasteiger partial charge in [-0.25, -0.2) is 9.36 Å². The van der Waals surface area contributed by atoms with Gasteiger partial charge in [-0.2, -0.15) is 4.40 Å². The molecule has 2 fully saturated rings. The van der Waals surface area contributed by atoms with Crippen molar-refractivity contribution in [3.8, 4) is 0 Å². The van der Waals surface area contributed by atoms with E-state index in [4.69, 9.17) is 4.74 Å². The van der Waals surface area contributed by atoms with Gasteiger partial charge in [0.1, 0.15) is 24.0 Å². The monoisotopic (exact) mass is 507 g/mol. The molecule has 2 aromatic rings. The van der Waals surface area contributed by atoms with Gasteiger partial charge in [-0.3, -0.25) is 9.59 Å². The third-order valence-corrected chi connectivity index (χ3v) is 9.25. The summed E-state index contributed by atoms with van der Waals surface area (Å²) in [5.41, 5.74) is 0.651. The molecule has 3 aliphatic heterocycles. The van der Waals surface area contributed by atoms with Crippen LogP contribution in [-0.4, -0.2) is 75.5 Å². The molecule has 182 valence electrons. The molecule has 6 atom stereocenters. The molecule has 3 aliphatic rings. The van der Waals surface area contributed by atoms with Gasteiger partial charge in [-0.15, -0.1) is 0 Å². The number of esters is 1. The largest absolute Gasteiger partial charge is 0.477 e. The second-order valence-electron chi connectivity index (χ2n) is 9.03. The number of amides is 1. The van der Waals surface area contributed by atoms with Crippen LogP contribution in [0.2, 0.25) is 0 Å². The molecule has 0 unspecified atom stereocenters. The van der Waals surface area contributed by atoms with Crippen molar-refractivity contribution in [2.45, 2.75) is 49.5 Å². The molecule has 2 aromatic heterocycles. The van der Waals surface area contributed by atoms with E-state index in [0.29, 0.717) is 18.5 Å². The fourth-order valence-electron chi connectivity index (χ4n) is 5.63. The van der Waals surface area contributed by atoms with Crippen LogP contribution in [0.1, 0.15) is 31.2 Å². The van der Waals surface area contributed by atoms with Crippen molar-refractivity contribution in [1.82, 2.24) is 14.6 Å². The van der Waals surface area contributed by atoms with Gasteiger partial charge in [-0.05, 0) is 13.2 Å². The van der Waals surface area contributed by atoms with Crippen molar-refractivity contribution < 1.29 is 33.9 Å². The number of aliphatic hydroxyl groups excluding tert-OH is 1. The van der Waals surface area contributed by atoms with Gasteiger partial charge in [0.05, 0.1) is 30.1 Å². The number of aliphatic carboxylic acids is 1. The molecule has 0 aromatic carbocycles. The number of thiazole rings is 1. The topological polar surface area (TPSA) is 124 Å². The Morgan fingerprint density at radius 1 is 1.41 bits per heavy atom. The highest BCUT2D eigenvalue weighted by molar-refractivity contribution is 7.98. The summed E-state index contributed by atoms with van der Waals surface area (Å²) in [7, 11) is 1.39. The minimum absolute atomic E-state index is 0.0170. The number of ether oxygens (including phenoxy) is 1. The zero-order valence-corrected chi connectivity index (χ0v) is 20.9. The van der Waals surface area contributed by atoms with Crippen LogP contribution in [0.5, 0.6) is 0 Å². The molecule has 0 bridgehead atoms. The Hall–Kier alpha value is -2.41. The Morgan fingerprint density at radius 2 is 2.15 bits per heavy atom. The Kier molecular flexibility index (Phi) is 5.74. The molecular weight excluding hydrogens is 480 g/mol. The van der Waals surface area contributed by atoms with E-state index in [1.165, 1.54) is 23.3 Å². The lowest BCUT2D eigenvalue weighted by Crippen LogP contribution is -2.63. The first-order chi connectivity index (χ1) is 16.2. The highest BCUT2D eigenvalue weighted by Crippen LogP contribution is 2.51. The average molecular weight is 508 g/mol. The molecule has 34 heavy (non-hydrogen) atoms. The number of imidazole rings is 1. The van der Waals surface area contributed by atoms with Gasteiger partial charge in [0.15, 0.2) is 0 Å². The van der Waals surface area contributed by atoms with E-state index in [9.17, 15) is 24.6 Å². The van der Waals surface area contributed by atoms with Gasteiger partial charge in [0, 0.05) is 24.5 Å². The highest BCUT2D eigenvalue weighted by atomic mass is 32.2. The maximum atomic E-state index is 12.7. The summed E-state index contributed by atoms with van der Waals surface area (Å²) in [6.07, 6.45) is 5.68. The summed E-state index contributed by atoms with van der Waals surface area (Å²) in [6, 6.07) is -0.593.